The predicted molar refractivity (Wildman–Crippen MR) is 88.0 cm³/mol. The first kappa shape index (κ1) is 13.5. The lowest BCUT2D eigenvalue weighted by Crippen LogP contribution is -1.98. The molecule has 3 rings (SSSR count). The Morgan fingerprint density at radius 2 is 2.10 bits per heavy atom. The van der Waals surface area contributed by atoms with Gasteiger partial charge < -0.3 is 10.3 Å². The van der Waals surface area contributed by atoms with Gasteiger partial charge in [0, 0.05) is 22.3 Å². The standard InChI is InChI=1S/C15H13BrClN3/c1-2-20-14-11(17)4-3-5-13(14)19-15(20)9-6-7-12(18)10(16)8-9/h3-8H,2,18H2,1H3. The first-order chi connectivity index (χ1) is 9.61. The number of halogens is 2. The Hall–Kier alpha value is -1.52. The van der Waals surface area contributed by atoms with Crippen molar-refractivity contribution >= 4 is 44.3 Å². The molecule has 0 radical (unpaired) electrons. The van der Waals surface area contributed by atoms with Crippen LogP contribution in [0.5, 0.6) is 0 Å². The number of benzene rings is 2. The van der Waals surface area contributed by atoms with Crippen molar-refractivity contribution in [2.24, 2.45) is 0 Å². The van der Waals surface area contributed by atoms with Gasteiger partial charge in [-0.2, -0.15) is 0 Å². The third-order valence-electron chi connectivity index (χ3n) is 3.29. The molecule has 20 heavy (non-hydrogen) atoms. The fourth-order valence-electron chi connectivity index (χ4n) is 2.34. The topological polar surface area (TPSA) is 43.8 Å². The first-order valence-corrected chi connectivity index (χ1v) is 7.49. The molecule has 0 amide bonds. The van der Waals surface area contributed by atoms with Crippen LogP contribution in [-0.2, 0) is 6.54 Å². The smallest absolute Gasteiger partial charge is 0.141 e. The van der Waals surface area contributed by atoms with E-state index in [0.29, 0.717) is 5.69 Å². The van der Waals surface area contributed by atoms with Crippen molar-refractivity contribution in [3.8, 4) is 11.4 Å². The van der Waals surface area contributed by atoms with E-state index in [0.717, 1.165) is 38.5 Å². The molecule has 0 saturated carbocycles. The average Bonchev–Trinajstić information content (AvgIpc) is 2.82. The van der Waals surface area contributed by atoms with Gasteiger partial charge in [0.1, 0.15) is 5.82 Å². The molecule has 0 fully saturated rings. The van der Waals surface area contributed by atoms with Gasteiger partial charge in [-0.25, -0.2) is 4.98 Å². The molecular weight excluding hydrogens is 338 g/mol. The van der Waals surface area contributed by atoms with Crippen LogP contribution in [0.4, 0.5) is 5.69 Å². The quantitative estimate of drug-likeness (QED) is 0.680. The number of nitrogens with zero attached hydrogens (tertiary/aromatic N) is 2. The molecule has 1 heterocycles. The molecular formula is C15H13BrClN3. The van der Waals surface area contributed by atoms with Crippen molar-refractivity contribution < 1.29 is 0 Å². The molecule has 0 aliphatic rings. The summed E-state index contributed by atoms with van der Waals surface area (Å²) in [6.07, 6.45) is 0. The maximum absolute atomic E-state index is 6.31. The lowest BCUT2D eigenvalue weighted by Gasteiger charge is -2.08. The zero-order valence-corrected chi connectivity index (χ0v) is 13.2. The molecule has 3 aromatic rings. The molecule has 3 nitrogen and oxygen atoms in total. The van der Waals surface area contributed by atoms with Gasteiger partial charge in [-0.05, 0) is 53.2 Å². The number of hydrogen-bond acceptors (Lipinski definition) is 2. The minimum absolute atomic E-state index is 0.714. The second-order valence-electron chi connectivity index (χ2n) is 4.52. The zero-order chi connectivity index (χ0) is 14.3. The van der Waals surface area contributed by atoms with Crippen molar-refractivity contribution in [2.45, 2.75) is 13.5 Å². The van der Waals surface area contributed by atoms with Crippen molar-refractivity contribution in [1.82, 2.24) is 9.55 Å². The van der Waals surface area contributed by atoms with Gasteiger partial charge in [-0.3, -0.25) is 0 Å². The van der Waals surface area contributed by atoms with E-state index in [1.807, 2.05) is 36.4 Å². The van der Waals surface area contributed by atoms with Crippen LogP contribution >= 0.6 is 27.5 Å². The van der Waals surface area contributed by atoms with Gasteiger partial charge in [0.05, 0.1) is 16.1 Å². The van der Waals surface area contributed by atoms with Gasteiger partial charge in [0.2, 0.25) is 0 Å². The van der Waals surface area contributed by atoms with Gasteiger partial charge in [-0.1, -0.05) is 17.7 Å². The van der Waals surface area contributed by atoms with Crippen LogP contribution in [0.25, 0.3) is 22.4 Å². The van der Waals surface area contributed by atoms with Crippen molar-refractivity contribution in [2.75, 3.05) is 5.73 Å². The average molecular weight is 351 g/mol. The molecule has 5 heteroatoms. The zero-order valence-electron chi connectivity index (χ0n) is 10.9. The van der Waals surface area contributed by atoms with Crippen LogP contribution in [0.15, 0.2) is 40.9 Å². The number of aryl methyl sites for hydroxylation is 1. The first-order valence-electron chi connectivity index (χ1n) is 6.32. The van der Waals surface area contributed by atoms with Crippen LogP contribution in [0.2, 0.25) is 5.02 Å². The fourth-order valence-corrected chi connectivity index (χ4v) is 2.99. The van der Waals surface area contributed by atoms with E-state index in [4.69, 9.17) is 22.3 Å². The normalized spacial score (nSPS) is 11.2. The Morgan fingerprint density at radius 3 is 2.80 bits per heavy atom. The highest BCUT2D eigenvalue weighted by atomic mass is 79.9. The number of nitrogen functional groups attached to an aromatic ring is 1. The van der Waals surface area contributed by atoms with E-state index < -0.39 is 0 Å². The monoisotopic (exact) mass is 349 g/mol. The van der Waals surface area contributed by atoms with Crippen LogP contribution in [0.3, 0.4) is 0 Å². The van der Waals surface area contributed by atoms with Gasteiger partial charge in [0.15, 0.2) is 0 Å². The van der Waals surface area contributed by atoms with E-state index in [9.17, 15) is 0 Å². The number of aromatic nitrogens is 2. The summed E-state index contributed by atoms with van der Waals surface area (Å²) >= 11 is 9.77. The maximum Gasteiger partial charge on any atom is 0.141 e. The van der Waals surface area contributed by atoms with Crippen molar-refractivity contribution in [3.63, 3.8) is 0 Å². The van der Waals surface area contributed by atoms with E-state index >= 15 is 0 Å². The largest absolute Gasteiger partial charge is 0.398 e. The Balaban J connectivity index is 2.30. The number of imidazole rings is 1. The summed E-state index contributed by atoms with van der Waals surface area (Å²) in [7, 11) is 0. The lowest BCUT2D eigenvalue weighted by molar-refractivity contribution is 0.796. The Labute approximate surface area is 130 Å². The summed E-state index contributed by atoms with van der Waals surface area (Å²) in [6, 6.07) is 11.6. The predicted octanol–water partition coefficient (Wildman–Crippen LogP) is 4.72. The highest BCUT2D eigenvalue weighted by molar-refractivity contribution is 9.10. The summed E-state index contributed by atoms with van der Waals surface area (Å²) in [5.41, 5.74) is 9.45. The summed E-state index contributed by atoms with van der Waals surface area (Å²) in [4.78, 5) is 4.70. The number of anilines is 1. The minimum Gasteiger partial charge on any atom is -0.398 e. The number of fused-ring (bicyclic) bond motifs is 1. The summed E-state index contributed by atoms with van der Waals surface area (Å²) < 4.78 is 2.99. The Kier molecular flexibility index (Phi) is 3.44. The molecule has 0 aliphatic heterocycles. The maximum atomic E-state index is 6.31. The highest BCUT2D eigenvalue weighted by Gasteiger charge is 2.14. The summed E-state index contributed by atoms with van der Waals surface area (Å²) in [5, 5.41) is 0.720. The molecule has 0 bridgehead atoms. The molecule has 2 aromatic carbocycles. The van der Waals surface area contributed by atoms with E-state index in [-0.39, 0.29) is 0 Å². The summed E-state index contributed by atoms with van der Waals surface area (Å²) in [6.45, 7) is 2.89. The van der Waals surface area contributed by atoms with Crippen LogP contribution < -0.4 is 5.73 Å². The second-order valence-corrected chi connectivity index (χ2v) is 5.79. The van der Waals surface area contributed by atoms with E-state index in [2.05, 4.69) is 27.4 Å². The Morgan fingerprint density at radius 1 is 1.30 bits per heavy atom. The van der Waals surface area contributed by atoms with Crippen molar-refractivity contribution in [1.29, 1.82) is 0 Å². The molecule has 0 aliphatic carbocycles. The molecule has 2 N–H and O–H groups in total. The molecule has 1 aromatic heterocycles. The molecule has 0 unspecified atom stereocenters. The highest BCUT2D eigenvalue weighted by Crippen LogP contribution is 2.32. The van der Waals surface area contributed by atoms with Gasteiger partial charge >= 0.3 is 0 Å². The third kappa shape index (κ3) is 2.09. The lowest BCUT2D eigenvalue weighted by atomic mass is 10.2. The summed E-state index contributed by atoms with van der Waals surface area (Å²) in [5.74, 6) is 0.899. The van der Waals surface area contributed by atoms with Crippen LogP contribution in [-0.4, -0.2) is 9.55 Å². The van der Waals surface area contributed by atoms with Crippen molar-refractivity contribution in [3.05, 3.63) is 45.9 Å². The number of hydrogen-bond donors (Lipinski definition) is 1. The second kappa shape index (κ2) is 5.11. The number of nitrogens with two attached hydrogens (primary N) is 1. The van der Waals surface area contributed by atoms with E-state index in [1.54, 1.807) is 0 Å². The van der Waals surface area contributed by atoms with Crippen LogP contribution in [0, 0.1) is 0 Å². The van der Waals surface area contributed by atoms with E-state index in [1.165, 1.54) is 0 Å². The van der Waals surface area contributed by atoms with Gasteiger partial charge in [-0.15, -0.1) is 0 Å². The molecule has 0 saturated heterocycles. The van der Waals surface area contributed by atoms with Gasteiger partial charge in [0.25, 0.3) is 0 Å². The number of rotatable bonds is 2. The SMILES string of the molecule is CCn1c(-c2ccc(N)c(Br)c2)nc2cccc(Cl)c21. The molecule has 102 valence electrons. The number of para-hydroxylation sites is 1. The third-order valence-corrected chi connectivity index (χ3v) is 4.28. The van der Waals surface area contributed by atoms with Crippen LogP contribution in [0.1, 0.15) is 6.92 Å². The molecule has 0 spiro atoms. The molecule has 0 atom stereocenters. The fraction of sp³-hybridized carbons (Fsp3) is 0.133. The Bertz CT molecular complexity index is 795. The minimum atomic E-state index is 0.714.